The number of nitrogens with one attached hydrogen (secondary N) is 2. The highest BCUT2D eigenvalue weighted by Gasteiger charge is 2.20. The SMILES string of the molecule is OCC1CCCN(c2cc(NCCc3c[nH]c4cc(Cl)ccc34)ncn2)C1. The standard InChI is InChI=1S/C20H24ClN5O/c21-16-3-4-17-15(10-23-18(17)8-16)5-6-22-19-9-20(25-13-24-19)26-7-1-2-14(11-26)12-27/h3-4,8-10,13-14,23,27H,1-2,5-7,11-12H2,(H,22,24,25). The van der Waals surface area contributed by atoms with Crippen molar-refractivity contribution in [3.8, 4) is 0 Å². The second kappa shape index (κ2) is 8.15. The Balaban J connectivity index is 1.38. The Morgan fingerprint density at radius 3 is 3.11 bits per heavy atom. The zero-order valence-electron chi connectivity index (χ0n) is 15.2. The zero-order valence-corrected chi connectivity index (χ0v) is 15.9. The molecule has 1 fully saturated rings. The summed E-state index contributed by atoms with van der Waals surface area (Å²) < 4.78 is 0. The van der Waals surface area contributed by atoms with Crippen LogP contribution in [0.2, 0.25) is 5.02 Å². The van der Waals surface area contributed by atoms with Crippen LogP contribution < -0.4 is 10.2 Å². The van der Waals surface area contributed by atoms with E-state index in [0.29, 0.717) is 5.92 Å². The van der Waals surface area contributed by atoms with E-state index in [0.717, 1.165) is 61.1 Å². The van der Waals surface area contributed by atoms with Crippen molar-refractivity contribution in [3.05, 3.63) is 47.4 Å². The largest absolute Gasteiger partial charge is 0.396 e. The van der Waals surface area contributed by atoms with Crippen LogP contribution in [0.4, 0.5) is 11.6 Å². The Kier molecular flexibility index (Phi) is 5.45. The molecule has 1 aliphatic heterocycles. The molecule has 0 aliphatic carbocycles. The maximum Gasteiger partial charge on any atom is 0.134 e. The number of hydrogen-bond donors (Lipinski definition) is 3. The van der Waals surface area contributed by atoms with E-state index in [-0.39, 0.29) is 6.61 Å². The first-order valence-electron chi connectivity index (χ1n) is 9.40. The van der Waals surface area contributed by atoms with Gasteiger partial charge in [-0.3, -0.25) is 0 Å². The molecule has 3 heterocycles. The normalized spacial score (nSPS) is 17.4. The third-order valence-electron chi connectivity index (χ3n) is 5.18. The van der Waals surface area contributed by atoms with Gasteiger partial charge < -0.3 is 20.3 Å². The van der Waals surface area contributed by atoms with E-state index in [4.69, 9.17) is 11.6 Å². The number of fused-ring (bicyclic) bond motifs is 1. The number of aromatic amines is 1. The van der Waals surface area contributed by atoms with E-state index < -0.39 is 0 Å². The summed E-state index contributed by atoms with van der Waals surface area (Å²) in [5.74, 6) is 2.09. The summed E-state index contributed by atoms with van der Waals surface area (Å²) in [4.78, 5) is 14.3. The van der Waals surface area contributed by atoms with Gasteiger partial charge in [0, 0.05) is 54.4 Å². The third-order valence-corrected chi connectivity index (χ3v) is 5.42. The predicted octanol–water partition coefficient (Wildman–Crippen LogP) is 3.47. The summed E-state index contributed by atoms with van der Waals surface area (Å²) in [7, 11) is 0. The van der Waals surface area contributed by atoms with Crippen LogP contribution in [0.1, 0.15) is 18.4 Å². The summed E-state index contributed by atoms with van der Waals surface area (Å²) in [6.07, 6.45) is 6.70. The van der Waals surface area contributed by atoms with Gasteiger partial charge in [-0.1, -0.05) is 17.7 Å². The molecule has 3 N–H and O–H groups in total. The highest BCUT2D eigenvalue weighted by molar-refractivity contribution is 6.31. The molecule has 0 amide bonds. The van der Waals surface area contributed by atoms with Gasteiger partial charge in [0.15, 0.2) is 0 Å². The van der Waals surface area contributed by atoms with E-state index in [1.807, 2.05) is 24.4 Å². The molecule has 1 atom stereocenters. The molecule has 0 bridgehead atoms. The van der Waals surface area contributed by atoms with Crippen molar-refractivity contribution in [2.24, 2.45) is 5.92 Å². The van der Waals surface area contributed by atoms with Crippen molar-refractivity contribution in [3.63, 3.8) is 0 Å². The molecule has 1 aromatic carbocycles. The molecule has 1 aliphatic rings. The fourth-order valence-electron chi connectivity index (χ4n) is 3.73. The molecular formula is C20H24ClN5O. The molecule has 27 heavy (non-hydrogen) atoms. The molecule has 1 unspecified atom stereocenters. The van der Waals surface area contributed by atoms with Gasteiger partial charge >= 0.3 is 0 Å². The lowest BCUT2D eigenvalue weighted by molar-refractivity contribution is 0.208. The van der Waals surface area contributed by atoms with Crippen molar-refractivity contribution in [1.82, 2.24) is 15.0 Å². The Hall–Kier alpha value is -2.31. The fraction of sp³-hybridized carbons (Fsp3) is 0.400. The first-order chi connectivity index (χ1) is 13.2. The average Bonchev–Trinajstić information content (AvgIpc) is 3.10. The van der Waals surface area contributed by atoms with Crippen LogP contribution in [-0.2, 0) is 6.42 Å². The lowest BCUT2D eigenvalue weighted by Gasteiger charge is -2.32. The molecule has 0 saturated carbocycles. The van der Waals surface area contributed by atoms with E-state index in [1.165, 1.54) is 10.9 Å². The van der Waals surface area contributed by atoms with Crippen LogP contribution in [0.25, 0.3) is 10.9 Å². The number of anilines is 2. The summed E-state index contributed by atoms with van der Waals surface area (Å²) in [6.45, 7) is 2.85. The lowest BCUT2D eigenvalue weighted by atomic mass is 9.99. The van der Waals surface area contributed by atoms with Crippen LogP contribution >= 0.6 is 11.6 Å². The minimum Gasteiger partial charge on any atom is -0.396 e. The predicted molar refractivity (Wildman–Crippen MR) is 110 cm³/mol. The average molecular weight is 386 g/mol. The second-order valence-electron chi connectivity index (χ2n) is 7.08. The Morgan fingerprint density at radius 1 is 1.30 bits per heavy atom. The van der Waals surface area contributed by atoms with Crippen molar-refractivity contribution in [2.75, 3.05) is 36.5 Å². The van der Waals surface area contributed by atoms with Gasteiger partial charge in [0.2, 0.25) is 0 Å². The Morgan fingerprint density at radius 2 is 2.22 bits per heavy atom. The summed E-state index contributed by atoms with van der Waals surface area (Å²) in [5, 5.41) is 14.8. The topological polar surface area (TPSA) is 77.1 Å². The number of aliphatic hydroxyl groups is 1. The molecule has 1 saturated heterocycles. The molecule has 6 nitrogen and oxygen atoms in total. The minimum absolute atomic E-state index is 0.239. The number of halogens is 1. The first-order valence-corrected chi connectivity index (χ1v) is 9.78. The number of hydrogen-bond acceptors (Lipinski definition) is 5. The number of benzene rings is 1. The van der Waals surface area contributed by atoms with Gasteiger partial charge in [0.1, 0.15) is 18.0 Å². The number of piperidine rings is 1. The van der Waals surface area contributed by atoms with Crippen LogP contribution in [0, 0.1) is 5.92 Å². The molecule has 142 valence electrons. The molecule has 3 aromatic rings. The number of H-pyrrole nitrogens is 1. The van der Waals surface area contributed by atoms with Gasteiger partial charge in [-0.05, 0) is 42.9 Å². The van der Waals surface area contributed by atoms with Crippen molar-refractivity contribution in [2.45, 2.75) is 19.3 Å². The van der Waals surface area contributed by atoms with Gasteiger partial charge in [-0.25, -0.2) is 9.97 Å². The quantitative estimate of drug-likeness (QED) is 0.605. The van der Waals surface area contributed by atoms with E-state index in [9.17, 15) is 5.11 Å². The first kappa shape index (κ1) is 18.1. The fourth-order valence-corrected chi connectivity index (χ4v) is 3.90. The number of rotatable bonds is 6. The van der Waals surface area contributed by atoms with Gasteiger partial charge in [-0.15, -0.1) is 0 Å². The summed E-state index contributed by atoms with van der Waals surface area (Å²) in [5.41, 5.74) is 2.32. The number of aromatic nitrogens is 3. The van der Waals surface area contributed by atoms with E-state index in [2.05, 4.69) is 31.2 Å². The maximum absolute atomic E-state index is 9.43. The van der Waals surface area contributed by atoms with Crippen molar-refractivity contribution in [1.29, 1.82) is 0 Å². The zero-order chi connectivity index (χ0) is 18.6. The highest BCUT2D eigenvalue weighted by atomic mass is 35.5. The van der Waals surface area contributed by atoms with Gasteiger partial charge in [-0.2, -0.15) is 0 Å². The highest BCUT2D eigenvalue weighted by Crippen LogP contribution is 2.24. The number of nitrogens with zero attached hydrogens (tertiary/aromatic N) is 3. The molecule has 0 radical (unpaired) electrons. The smallest absolute Gasteiger partial charge is 0.134 e. The molecule has 4 rings (SSSR count). The second-order valence-corrected chi connectivity index (χ2v) is 7.52. The monoisotopic (exact) mass is 385 g/mol. The third kappa shape index (κ3) is 4.17. The summed E-state index contributed by atoms with van der Waals surface area (Å²) >= 11 is 6.05. The van der Waals surface area contributed by atoms with Gasteiger partial charge in [0.25, 0.3) is 0 Å². The summed E-state index contributed by atoms with van der Waals surface area (Å²) in [6, 6.07) is 7.92. The van der Waals surface area contributed by atoms with Crippen LogP contribution in [0.15, 0.2) is 36.8 Å². The van der Waals surface area contributed by atoms with Crippen LogP contribution in [0.5, 0.6) is 0 Å². The van der Waals surface area contributed by atoms with E-state index >= 15 is 0 Å². The van der Waals surface area contributed by atoms with Crippen molar-refractivity contribution >= 4 is 34.1 Å². The lowest BCUT2D eigenvalue weighted by Crippen LogP contribution is -2.37. The molecule has 7 heteroatoms. The van der Waals surface area contributed by atoms with Gasteiger partial charge in [0.05, 0.1) is 0 Å². The molecule has 2 aromatic heterocycles. The Labute approximate surface area is 163 Å². The van der Waals surface area contributed by atoms with Crippen LogP contribution in [-0.4, -0.2) is 46.3 Å². The van der Waals surface area contributed by atoms with E-state index in [1.54, 1.807) is 6.33 Å². The number of aliphatic hydroxyl groups excluding tert-OH is 1. The van der Waals surface area contributed by atoms with Crippen LogP contribution in [0.3, 0.4) is 0 Å². The van der Waals surface area contributed by atoms with Crippen molar-refractivity contribution < 1.29 is 5.11 Å². The Bertz CT molecular complexity index is 912. The molecule has 0 spiro atoms. The maximum atomic E-state index is 9.43. The molecular weight excluding hydrogens is 362 g/mol. The minimum atomic E-state index is 0.239.